The van der Waals surface area contributed by atoms with Gasteiger partial charge in [-0.15, -0.1) is 11.3 Å². The second-order valence-electron chi connectivity index (χ2n) is 8.44. The zero-order chi connectivity index (χ0) is 28.5. The molecule has 1 aromatic heterocycles. The van der Waals surface area contributed by atoms with Crippen LogP contribution in [0, 0.1) is 0 Å². The van der Waals surface area contributed by atoms with E-state index in [1.165, 1.54) is 30.2 Å². The van der Waals surface area contributed by atoms with Gasteiger partial charge in [-0.25, -0.2) is 4.98 Å². The van der Waals surface area contributed by atoms with Crippen LogP contribution in [0.15, 0.2) is 77.1 Å². The third-order valence-electron chi connectivity index (χ3n) is 5.73. The van der Waals surface area contributed by atoms with Crippen molar-refractivity contribution in [2.75, 3.05) is 18.2 Å². The fourth-order valence-corrected chi connectivity index (χ4v) is 5.48. The number of hydrogen-bond acceptors (Lipinski definition) is 8. The van der Waals surface area contributed by atoms with Gasteiger partial charge in [-0.1, -0.05) is 43.0 Å². The first kappa shape index (κ1) is 28.6. The highest BCUT2D eigenvalue weighted by Crippen LogP contribution is 2.29. The highest BCUT2D eigenvalue weighted by molar-refractivity contribution is 8.01. The third-order valence-corrected chi connectivity index (χ3v) is 7.91. The molecule has 0 aliphatic heterocycles. The lowest BCUT2D eigenvalue weighted by molar-refractivity contribution is -0.128. The number of ether oxygens (including phenoxy) is 1. The molecule has 4 amide bonds. The molecule has 0 radical (unpaired) electrons. The second kappa shape index (κ2) is 13.6. The number of benzene rings is 3. The maximum absolute atomic E-state index is 13.1. The van der Waals surface area contributed by atoms with E-state index in [2.05, 4.69) is 26.5 Å². The quantitative estimate of drug-likeness (QED) is 0.165. The largest absolute Gasteiger partial charge is 0.497 e. The molecule has 3 aromatic carbocycles. The Morgan fingerprint density at radius 1 is 0.925 bits per heavy atom. The average molecular weight is 578 g/mol. The lowest BCUT2D eigenvalue weighted by atomic mass is 10.1. The lowest BCUT2D eigenvalue weighted by Gasteiger charge is -2.18. The molecule has 4 aromatic rings. The SMILES string of the molecule is CC[C@H](NC(=O)c1ccccc1NC(=O)c1ccc(OC)cc1)C(=O)NNC(=O)CSc1nc2ccccc2s1. The molecule has 1 atom stereocenters. The highest BCUT2D eigenvalue weighted by Gasteiger charge is 2.22. The van der Waals surface area contributed by atoms with Gasteiger partial charge in [0.25, 0.3) is 17.7 Å². The van der Waals surface area contributed by atoms with Crippen LogP contribution in [0.4, 0.5) is 5.69 Å². The maximum atomic E-state index is 13.1. The van der Waals surface area contributed by atoms with Crippen LogP contribution in [0.1, 0.15) is 34.1 Å². The summed E-state index contributed by atoms with van der Waals surface area (Å²) in [5.74, 6) is -1.27. The number of thiazole rings is 1. The van der Waals surface area contributed by atoms with Crippen LogP contribution in [0.2, 0.25) is 0 Å². The summed E-state index contributed by atoms with van der Waals surface area (Å²) in [6.45, 7) is 1.73. The number of nitrogens with zero attached hydrogens (tertiary/aromatic N) is 1. The number of amides is 4. The minimum atomic E-state index is -0.921. The van der Waals surface area contributed by atoms with Crippen LogP contribution < -0.4 is 26.2 Å². The molecule has 0 bridgehead atoms. The molecule has 0 spiro atoms. The van der Waals surface area contributed by atoms with Crippen LogP contribution in [-0.4, -0.2) is 47.5 Å². The van der Waals surface area contributed by atoms with Gasteiger partial charge in [-0.05, 0) is 55.0 Å². The van der Waals surface area contributed by atoms with Gasteiger partial charge in [0.05, 0.1) is 34.3 Å². The number of carbonyl (C=O) groups is 4. The summed E-state index contributed by atoms with van der Waals surface area (Å²) in [6, 6.07) is 19.8. The Balaban J connectivity index is 1.30. The van der Waals surface area contributed by atoms with Gasteiger partial charge in [-0.3, -0.25) is 30.0 Å². The minimum Gasteiger partial charge on any atom is -0.497 e. The number of carbonyl (C=O) groups excluding carboxylic acids is 4. The van der Waals surface area contributed by atoms with E-state index < -0.39 is 29.7 Å². The number of methoxy groups -OCH3 is 1. The highest BCUT2D eigenvalue weighted by atomic mass is 32.2. The number of thioether (sulfide) groups is 1. The van der Waals surface area contributed by atoms with Gasteiger partial charge in [0.2, 0.25) is 5.91 Å². The van der Waals surface area contributed by atoms with E-state index in [4.69, 9.17) is 4.74 Å². The summed E-state index contributed by atoms with van der Waals surface area (Å²) in [6.07, 6.45) is 0.272. The maximum Gasteiger partial charge on any atom is 0.260 e. The smallest absolute Gasteiger partial charge is 0.260 e. The van der Waals surface area contributed by atoms with Gasteiger partial charge in [0.15, 0.2) is 4.34 Å². The molecular weight excluding hydrogens is 550 g/mol. The first-order valence-corrected chi connectivity index (χ1v) is 14.1. The average Bonchev–Trinajstić information content (AvgIpc) is 3.41. The molecule has 12 heteroatoms. The predicted octanol–water partition coefficient (Wildman–Crippen LogP) is 4.01. The second-order valence-corrected chi connectivity index (χ2v) is 10.7. The van der Waals surface area contributed by atoms with E-state index in [9.17, 15) is 19.2 Å². The van der Waals surface area contributed by atoms with Crippen LogP contribution in [0.25, 0.3) is 10.2 Å². The normalized spacial score (nSPS) is 11.3. The first-order valence-electron chi connectivity index (χ1n) is 12.3. The minimum absolute atomic E-state index is 0.0600. The molecule has 0 saturated carbocycles. The summed E-state index contributed by atoms with van der Waals surface area (Å²) in [5, 5.41) is 5.40. The van der Waals surface area contributed by atoms with Crippen molar-refractivity contribution >= 4 is 62.6 Å². The van der Waals surface area contributed by atoms with E-state index in [0.29, 0.717) is 11.3 Å². The van der Waals surface area contributed by atoms with Gasteiger partial charge >= 0.3 is 0 Å². The molecule has 0 saturated heterocycles. The van der Waals surface area contributed by atoms with Crippen LogP contribution in [0.5, 0.6) is 5.75 Å². The summed E-state index contributed by atoms with van der Waals surface area (Å²) < 4.78 is 6.89. The Morgan fingerprint density at radius 3 is 2.38 bits per heavy atom. The molecule has 4 N–H and O–H groups in total. The van der Waals surface area contributed by atoms with Crippen molar-refractivity contribution in [2.45, 2.75) is 23.7 Å². The summed E-state index contributed by atoms with van der Waals surface area (Å²) in [5.41, 5.74) is 6.48. The summed E-state index contributed by atoms with van der Waals surface area (Å²) in [7, 11) is 1.53. The number of anilines is 1. The fraction of sp³-hybridized carbons (Fsp3) is 0.179. The van der Waals surface area contributed by atoms with Crippen LogP contribution in [-0.2, 0) is 9.59 Å². The lowest BCUT2D eigenvalue weighted by Crippen LogP contribution is -2.52. The number of aromatic nitrogens is 1. The van der Waals surface area contributed by atoms with Crippen molar-refractivity contribution < 1.29 is 23.9 Å². The monoisotopic (exact) mass is 577 g/mol. The Kier molecular flexibility index (Phi) is 9.71. The van der Waals surface area contributed by atoms with Crippen LogP contribution in [0.3, 0.4) is 0 Å². The zero-order valence-electron chi connectivity index (χ0n) is 21.7. The van der Waals surface area contributed by atoms with E-state index in [1.807, 2.05) is 24.3 Å². The number of hydrazine groups is 1. The molecule has 1 heterocycles. The van der Waals surface area contributed by atoms with Crippen molar-refractivity contribution in [3.8, 4) is 5.75 Å². The number of nitrogens with one attached hydrogen (secondary N) is 4. The topological polar surface area (TPSA) is 139 Å². The molecule has 0 aliphatic rings. The number of fused-ring (bicyclic) bond motifs is 1. The van der Waals surface area contributed by atoms with Crippen molar-refractivity contribution in [3.05, 3.63) is 83.9 Å². The summed E-state index contributed by atoms with van der Waals surface area (Å²) >= 11 is 2.76. The zero-order valence-corrected chi connectivity index (χ0v) is 23.4. The van der Waals surface area contributed by atoms with Gasteiger partial charge in [-0.2, -0.15) is 0 Å². The number of para-hydroxylation sites is 2. The molecule has 10 nitrogen and oxygen atoms in total. The molecule has 40 heavy (non-hydrogen) atoms. The number of rotatable bonds is 10. The van der Waals surface area contributed by atoms with Crippen molar-refractivity contribution in [1.82, 2.24) is 21.2 Å². The Labute approximate surface area is 238 Å². The Hall–Kier alpha value is -4.42. The van der Waals surface area contributed by atoms with Gasteiger partial charge in [0.1, 0.15) is 11.8 Å². The first-order chi connectivity index (χ1) is 19.4. The van der Waals surface area contributed by atoms with Crippen molar-refractivity contribution in [1.29, 1.82) is 0 Å². The molecule has 0 aliphatic carbocycles. The Morgan fingerprint density at radius 2 is 1.65 bits per heavy atom. The van der Waals surface area contributed by atoms with Gasteiger partial charge in [0, 0.05) is 5.56 Å². The predicted molar refractivity (Wildman–Crippen MR) is 156 cm³/mol. The molecule has 0 unspecified atom stereocenters. The van der Waals surface area contributed by atoms with E-state index >= 15 is 0 Å². The van der Waals surface area contributed by atoms with E-state index in [-0.39, 0.29) is 23.4 Å². The van der Waals surface area contributed by atoms with Crippen LogP contribution >= 0.6 is 23.1 Å². The third kappa shape index (κ3) is 7.36. The van der Waals surface area contributed by atoms with Crippen molar-refractivity contribution in [2.24, 2.45) is 0 Å². The number of hydrogen-bond donors (Lipinski definition) is 4. The Bertz CT molecular complexity index is 1490. The van der Waals surface area contributed by atoms with Crippen molar-refractivity contribution in [3.63, 3.8) is 0 Å². The molecule has 206 valence electrons. The summed E-state index contributed by atoms with van der Waals surface area (Å²) in [4.78, 5) is 55.2. The standard InChI is InChI=1S/C28H27N5O5S2/c1-3-20(27(37)33-32-24(34)16-39-28-31-22-10-6-7-11-23(22)40-28)29-26(36)19-8-4-5-9-21(19)30-25(35)17-12-14-18(38-2)15-13-17/h4-15,20H,3,16H2,1-2H3,(H,29,36)(H,30,35)(H,32,34)(H,33,37)/t20-/m0/s1. The fourth-order valence-electron chi connectivity index (χ4n) is 3.61. The molecule has 4 rings (SSSR count). The van der Waals surface area contributed by atoms with E-state index in [0.717, 1.165) is 14.6 Å². The molecule has 0 fully saturated rings. The van der Waals surface area contributed by atoms with E-state index in [1.54, 1.807) is 55.5 Å². The van der Waals surface area contributed by atoms with Gasteiger partial charge < -0.3 is 15.4 Å². The molecular formula is C28H27N5O5S2.